The lowest BCUT2D eigenvalue weighted by atomic mass is 9.78. The maximum Gasteiger partial charge on any atom is 0.0929 e. The first kappa shape index (κ1) is 19.1. The molecule has 1 aliphatic carbocycles. The third-order valence-corrected chi connectivity index (χ3v) is 6.11. The second kappa shape index (κ2) is 9.85. The summed E-state index contributed by atoms with van der Waals surface area (Å²) in [5, 5.41) is 8.62. The van der Waals surface area contributed by atoms with Crippen molar-refractivity contribution in [3.63, 3.8) is 0 Å². The highest BCUT2D eigenvalue weighted by Crippen LogP contribution is 2.34. The van der Waals surface area contributed by atoms with Crippen LogP contribution in [0.25, 0.3) is 11.3 Å². The topological polar surface area (TPSA) is 25.8 Å². The first-order valence-electron chi connectivity index (χ1n) is 10.7. The van der Waals surface area contributed by atoms with Crippen LogP contribution in [-0.4, -0.2) is 10.2 Å². The van der Waals surface area contributed by atoms with Crippen LogP contribution in [0.1, 0.15) is 76.5 Å². The fourth-order valence-corrected chi connectivity index (χ4v) is 4.22. The highest BCUT2D eigenvalue weighted by Gasteiger charge is 2.20. The molecule has 26 heavy (non-hydrogen) atoms. The van der Waals surface area contributed by atoms with E-state index in [0.29, 0.717) is 0 Å². The first-order chi connectivity index (χ1) is 12.8. The number of hydrogen-bond donors (Lipinski definition) is 0. The van der Waals surface area contributed by atoms with Gasteiger partial charge < -0.3 is 0 Å². The number of hydrogen-bond acceptors (Lipinski definition) is 2. The van der Waals surface area contributed by atoms with Crippen molar-refractivity contribution in [2.75, 3.05) is 0 Å². The molecule has 2 nitrogen and oxygen atoms in total. The number of benzene rings is 1. The predicted octanol–water partition coefficient (Wildman–Crippen LogP) is 6.64. The molecule has 1 saturated carbocycles. The van der Waals surface area contributed by atoms with Crippen LogP contribution in [0.15, 0.2) is 36.4 Å². The van der Waals surface area contributed by atoms with Crippen molar-refractivity contribution in [2.45, 2.75) is 78.1 Å². The zero-order valence-corrected chi connectivity index (χ0v) is 16.6. The molecule has 1 aromatic heterocycles. The molecule has 0 N–H and O–H groups in total. The molecule has 0 atom stereocenters. The van der Waals surface area contributed by atoms with E-state index in [-0.39, 0.29) is 0 Å². The standard InChI is InChI=1S/C24H34N2/c1-3-5-6-19-7-9-20(10-8-19)11-12-21-13-15-22(16-14-21)24-18-17-23(4-2)25-26-24/h13-20H,3-12H2,1-2H3/t19-,20-. The van der Waals surface area contributed by atoms with Gasteiger partial charge >= 0.3 is 0 Å². The normalized spacial score (nSPS) is 20.2. The summed E-state index contributed by atoms with van der Waals surface area (Å²) in [6.45, 7) is 4.42. The molecule has 1 aliphatic rings. The summed E-state index contributed by atoms with van der Waals surface area (Å²) in [6, 6.07) is 13.1. The third kappa shape index (κ3) is 5.40. The molecule has 0 radical (unpaired) electrons. The van der Waals surface area contributed by atoms with Crippen molar-refractivity contribution in [1.29, 1.82) is 0 Å². The second-order valence-corrected chi connectivity index (χ2v) is 8.03. The number of aryl methyl sites for hydroxylation is 2. The van der Waals surface area contributed by atoms with E-state index in [2.05, 4.69) is 60.4 Å². The van der Waals surface area contributed by atoms with E-state index in [9.17, 15) is 0 Å². The lowest BCUT2D eigenvalue weighted by Gasteiger charge is -2.28. The Kier molecular flexibility index (Phi) is 7.22. The molecule has 0 amide bonds. The molecule has 2 aromatic rings. The molecule has 1 aromatic carbocycles. The molecule has 0 spiro atoms. The van der Waals surface area contributed by atoms with Gasteiger partial charge in [-0.25, -0.2) is 0 Å². The number of rotatable bonds is 8. The van der Waals surface area contributed by atoms with Gasteiger partial charge in [-0.05, 0) is 48.8 Å². The highest BCUT2D eigenvalue weighted by molar-refractivity contribution is 5.58. The maximum atomic E-state index is 4.35. The number of unbranched alkanes of at least 4 members (excludes halogenated alkanes) is 1. The van der Waals surface area contributed by atoms with Gasteiger partial charge in [-0.15, -0.1) is 0 Å². The van der Waals surface area contributed by atoms with Crippen molar-refractivity contribution < 1.29 is 0 Å². The molecule has 0 unspecified atom stereocenters. The summed E-state index contributed by atoms with van der Waals surface area (Å²) in [5.41, 5.74) is 4.65. The average molecular weight is 351 g/mol. The van der Waals surface area contributed by atoms with E-state index in [4.69, 9.17) is 0 Å². The van der Waals surface area contributed by atoms with Crippen LogP contribution in [0.3, 0.4) is 0 Å². The number of nitrogens with zero attached hydrogens (tertiary/aromatic N) is 2. The molecular formula is C24H34N2. The summed E-state index contributed by atoms with van der Waals surface area (Å²) < 4.78 is 0. The van der Waals surface area contributed by atoms with Crippen molar-refractivity contribution in [2.24, 2.45) is 11.8 Å². The molecule has 0 saturated heterocycles. The van der Waals surface area contributed by atoms with E-state index in [1.807, 2.05) is 0 Å². The quantitative estimate of drug-likeness (QED) is 0.533. The van der Waals surface area contributed by atoms with Gasteiger partial charge in [-0.2, -0.15) is 10.2 Å². The first-order valence-corrected chi connectivity index (χ1v) is 10.7. The monoisotopic (exact) mass is 350 g/mol. The minimum atomic E-state index is 0.937. The molecule has 140 valence electrons. The smallest absolute Gasteiger partial charge is 0.0929 e. The predicted molar refractivity (Wildman–Crippen MR) is 110 cm³/mol. The zero-order valence-electron chi connectivity index (χ0n) is 16.6. The van der Waals surface area contributed by atoms with Crippen molar-refractivity contribution >= 4 is 0 Å². The van der Waals surface area contributed by atoms with Crippen molar-refractivity contribution in [1.82, 2.24) is 10.2 Å². The maximum absolute atomic E-state index is 4.35. The van der Waals surface area contributed by atoms with Crippen molar-refractivity contribution in [3.8, 4) is 11.3 Å². The van der Waals surface area contributed by atoms with Crippen LogP contribution in [0.5, 0.6) is 0 Å². The van der Waals surface area contributed by atoms with E-state index in [1.165, 1.54) is 68.9 Å². The van der Waals surface area contributed by atoms with Crippen molar-refractivity contribution in [3.05, 3.63) is 47.7 Å². The minimum absolute atomic E-state index is 0.937. The van der Waals surface area contributed by atoms with Gasteiger partial charge in [0, 0.05) is 5.56 Å². The average Bonchev–Trinajstić information content (AvgIpc) is 2.72. The fraction of sp³-hybridized carbons (Fsp3) is 0.583. The minimum Gasteiger partial charge on any atom is -0.155 e. The Bertz CT molecular complexity index is 637. The van der Waals surface area contributed by atoms with E-state index < -0.39 is 0 Å². The summed E-state index contributed by atoms with van der Waals surface area (Å²) in [6.07, 6.45) is 13.6. The largest absolute Gasteiger partial charge is 0.155 e. The summed E-state index contributed by atoms with van der Waals surface area (Å²) in [7, 11) is 0. The molecule has 0 aliphatic heterocycles. The summed E-state index contributed by atoms with van der Waals surface area (Å²) in [4.78, 5) is 0. The van der Waals surface area contributed by atoms with Gasteiger partial charge in [0.25, 0.3) is 0 Å². The van der Waals surface area contributed by atoms with E-state index in [1.54, 1.807) is 0 Å². The Morgan fingerprint density at radius 2 is 1.50 bits per heavy atom. The zero-order chi connectivity index (χ0) is 18.2. The SMILES string of the molecule is CCCC[C@H]1CC[C@H](CCc2ccc(-c3ccc(CC)nn3)cc2)CC1. The van der Waals surface area contributed by atoms with Gasteiger partial charge in [0.15, 0.2) is 0 Å². The van der Waals surface area contributed by atoms with Gasteiger partial charge in [-0.3, -0.25) is 0 Å². The molecule has 1 heterocycles. The Morgan fingerprint density at radius 3 is 2.08 bits per heavy atom. The third-order valence-electron chi connectivity index (χ3n) is 6.11. The Balaban J connectivity index is 1.46. The van der Waals surface area contributed by atoms with Crippen LogP contribution < -0.4 is 0 Å². The highest BCUT2D eigenvalue weighted by atomic mass is 15.1. The van der Waals surface area contributed by atoms with Crippen LogP contribution in [0.2, 0.25) is 0 Å². The molecule has 2 heteroatoms. The summed E-state index contributed by atoms with van der Waals surface area (Å²) in [5.74, 6) is 1.96. The Morgan fingerprint density at radius 1 is 0.808 bits per heavy atom. The summed E-state index contributed by atoms with van der Waals surface area (Å²) >= 11 is 0. The van der Waals surface area contributed by atoms with Crippen LogP contribution in [0, 0.1) is 11.8 Å². The van der Waals surface area contributed by atoms with E-state index >= 15 is 0 Å². The van der Waals surface area contributed by atoms with Crippen LogP contribution in [0.4, 0.5) is 0 Å². The van der Waals surface area contributed by atoms with E-state index in [0.717, 1.165) is 29.6 Å². The second-order valence-electron chi connectivity index (χ2n) is 8.03. The fourth-order valence-electron chi connectivity index (χ4n) is 4.22. The molecular weight excluding hydrogens is 316 g/mol. The lowest BCUT2D eigenvalue weighted by Crippen LogP contribution is -2.15. The molecule has 0 bridgehead atoms. The molecule has 1 fully saturated rings. The number of aromatic nitrogens is 2. The van der Waals surface area contributed by atoms with Gasteiger partial charge in [0.05, 0.1) is 11.4 Å². The Hall–Kier alpha value is -1.70. The van der Waals surface area contributed by atoms with Gasteiger partial charge in [-0.1, -0.05) is 83.1 Å². The van der Waals surface area contributed by atoms with Gasteiger partial charge in [0.2, 0.25) is 0 Å². The van der Waals surface area contributed by atoms with Crippen LogP contribution >= 0.6 is 0 Å². The van der Waals surface area contributed by atoms with Gasteiger partial charge in [0.1, 0.15) is 0 Å². The Labute approximate surface area is 159 Å². The van der Waals surface area contributed by atoms with Crippen LogP contribution in [-0.2, 0) is 12.8 Å². The lowest BCUT2D eigenvalue weighted by molar-refractivity contribution is 0.250. The molecule has 3 rings (SSSR count).